The summed E-state index contributed by atoms with van der Waals surface area (Å²) in [5.74, 6) is 0. The Labute approximate surface area is 133 Å². The van der Waals surface area contributed by atoms with E-state index in [0.717, 1.165) is 22.7 Å². The third-order valence-corrected chi connectivity index (χ3v) is 3.52. The van der Waals surface area contributed by atoms with Gasteiger partial charge in [0.05, 0.1) is 0 Å². The molecule has 0 saturated carbocycles. The second-order valence-electron chi connectivity index (χ2n) is 5.17. The van der Waals surface area contributed by atoms with E-state index in [1.165, 1.54) is 11.1 Å². The number of nitrogens with zero attached hydrogens (tertiary/aromatic N) is 1. The Bertz CT molecular complexity index is 705. The first-order valence-electron chi connectivity index (χ1n) is 7.16. The monoisotopic (exact) mass is 287 g/mol. The minimum atomic E-state index is 0.778. The highest BCUT2D eigenvalue weighted by Crippen LogP contribution is 2.29. The van der Waals surface area contributed by atoms with Crippen LogP contribution in [0.25, 0.3) is 11.1 Å². The molecule has 0 heterocycles. The number of anilines is 1. The Morgan fingerprint density at radius 3 is 1.91 bits per heavy atom. The molecule has 0 fully saturated rings. The van der Waals surface area contributed by atoms with Gasteiger partial charge < -0.3 is 4.90 Å². The van der Waals surface area contributed by atoms with Gasteiger partial charge >= 0.3 is 0 Å². The molecule has 0 amide bonds. The highest BCUT2D eigenvalue weighted by atomic mass is 15.1. The lowest BCUT2D eigenvalue weighted by Crippen LogP contribution is -2.19. The van der Waals surface area contributed by atoms with Crippen LogP contribution in [0.15, 0.2) is 104 Å². The molecule has 0 bridgehead atoms. The van der Waals surface area contributed by atoms with E-state index in [1.54, 1.807) is 6.08 Å². The zero-order chi connectivity index (χ0) is 16.1. The van der Waals surface area contributed by atoms with E-state index in [-0.39, 0.29) is 0 Å². The third kappa shape index (κ3) is 3.26. The summed E-state index contributed by atoms with van der Waals surface area (Å²) in [6.45, 7) is 17.8. The molecule has 1 heteroatoms. The lowest BCUT2D eigenvalue weighted by molar-refractivity contribution is 1.12. The fraction of sp³-hybridized carbons (Fsp3) is 0.0476. The van der Waals surface area contributed by atoms with E-state index in [1.807, 2.05) is 30.0 Å². The molecule has 0 saturated heterocycles. The molecule has 0 N–H and O–H groups in total. The molecule has 0 unspecified atom stereocenters. The summed E-state index contributed by atoms with van der Waals surface area (Å²) in [6, 6.07) is 18.6. The van der Waals surface area contributed by atoms with Crippen molar-refractivity contribution in [3.8, 4) is 11.1 Å². The average Bonchev–Trinajstić information content (AvgIpc) is 2.56. The molecule has 22 heavy (non-hydrogen) atoms. The zero-order valence-electron chi connectivity index (χ0n) is 13.0. The molecule has 0 radical (unpaired) electrons. The number of rotatable bonds is 6. The molecule has 0 aliphatic carbocycles. The van der Waals surface area contributed by atoms with Crippen molar-refractivity contribution in [3.63, 3.8) is 0 Å². The van der Waals surface area contributed by atoms with Gasteiger partial charge in [0.15, 0.2) is 0 Å². The molecule has 0 aromatic heterocycles. The molecular formula is C21H21N. The van der Waals surface area contributed by atoms with Crippen LogP contribution in [0.5, 0.6) is 0 Å². The second kappa shape index (κ2) is 6.77. The van der Waals surface area contributed by atoms with Gasteiger partial charge in [0, 0.05) is 17.1 Å². The summed E-state index contributed by atoms with van der Waals surface area (Å²) in [6.07, 6.45) is 1.72. The fourth-order valence-corrected chi connectivity index (χ4v) is 2.21. The van der Waals surface area contributed by atoms with Gasteiger partial charge in [0.2, 0.25) is 0 Å². The number of benzene rings is 2. The van der Waals surface area contributed by atoms with Crippen LogP contribution < -0.4 is 4.90 Å². The minimum Gasteiger partial charge on any atom is -0.311 e. The van der Waals surface area contributed by atoms with Gasteiger partial charge in [-0.05, 0) is 41.8 Å². The number of allylic oxidation sites excluding steroid dienone is 2. The van der Waals surface area contributed by atoms with Crippen LogP contribution in [0.2, 0.25) is 0 Å². The van der Waals surface area contributed by atoms with Crippen molar-refractivity contribution in [1.82, 2.24) is 0 Å². The lowest BCUT2D eigenvalue weighted by atomic mass is 10.0. The molecule has 0 spiro atoms. The molecule has 2 rings (SSSR count). The summed E-state index contributed by atoms with van der Waals surface area (Å²) < 4.78 is 0. The van der Waals surface area contributed by atoms with E-state index in [4.69, 9.17) is 0 Å². The molecule has 1 nitrogen and oxygen atoms in total. The Balaban J connectivity index is 2.38. The average molecular weight is 287 g/mol. The first kappa shape index (κ1) is 15.6. The maximum Gasteiger partial charge on any atom is 0.0461 e. The summed E-state index contributed by atoms with van der Waals surface area (Å²) in [4.78, 5) is 1.96. The SMILES string of the molecule is C=CC(=C)N(C(=C)C(=C)C)c1ccc(-c2ccccc2)cc1. The van der Waals surface area contributed by atoms with Crippen LogP contribution >= 0.6 is 0 Å². The van der Waals surface area contributed by atoms with Crippen LogP contribution in [0.4, 0.5) is 5.69 Å². The van der Waals surface area contributed by atoms with Crippen molar-refractivity contribution >= 4 is 5.69 Å². The van der Waals surface area contributed by atoms with Crippen molar-refractivity contribution in [1.29, 1.82) is 0 Å². The van der Waals surface area contributed by atoms with Crippen LogP contribution in [-0.2, 0) is 0 Å². The molecule has 110 valence electrons. The van der Waals surface area contributed by atoms with Gasteiger partial charge in [0.1, 0.15) is 0 Å². The van der Waals surface area contributed by atoms with Crippen LogP contribution in [0, 0.1) is 0 Å². The van der Waals surface area contributed by atoms with Crippen molar-refractivity contribution < 1.29 is 0 Å². The standard InChI is InChI=1S/C21H21N/c1-6-17(4)22(18(5)16(2)3)21-14-12-20(13-15-21)19-10-8-7-9-11-19/h6-15H,1-2,4-5H2,3H3. The molecule has 0 aliphatic rings. The highest BCUT2D eigenvalue weighted by molar-refractivity contribution is 5.69. The van der Waals surface area contributed by atoms with Crippen molar-refractivity contribution in [2.45, 2.75) is 6.92 Å². The first-order valence-corrected chi connectivity index (χ1v) is 7.16. The Kier molecular flexibility index (Phi) is 4.80. The molecule has 0 aliphatic heterocycles. The summed E-state index contributed by atoms with van der Waals surface area (Å²) in [5, 5.41) is 0. The Morgan fingerprint density at radius 2 is 1.41 bits per heavy atom. The predicted molar refractivity (Wildman–Crippen MR) is 97.6 cm³/mol. The van der Waals surface area contributed by atoms with E-state index in [0.29, 0.717) is 0 Å². The molecule has 2 aromatic rings. The summed E-state index contributed by atoms with van der Waals surface area (Å²) in [7, 11) is 0. The van der Waals surface area contributed by atoms with Gasteiger partial charge in [-0.15, -0.1) is 0 Å². The topological polar surface area (TPSA) is 3.24 Å². The largest absolute Gasteiger partial charge is 0.311 e. The van der Waals surface area contributed by atoms with Gasteiger partial charge in [-0.2, -0.15) is 0 Å². The third-order valence-electron chi connectivity index (χ3n) is 3.52. The lowest BCUT2D eigenvalue weighted by Gasteiger charge is -2.27. The normalized spacial score (nSPS) is 9.86. The van der Waals surface area contributed by atoms with E-state index in [9.17, 15) is 0 Å². The highest BCUT2D eigenvalue weighted by Gasteiger charge is 2.12. The molecule has 0 atom stereocenters. The quantitative estimate of drug-likeness (QED) is 0.593. The van der Waals surface area contributed by atoms with E-state index in [2.05, 4.69) is 62.7 Å². The van der Waals surface area contributed by atoms with Crippen molar-refractivity contribution in [2.75, 3.05) is 4.90 Å². The summed E-state index contributed by atoms with van der Waals surface area (Å²) >= 11 is 0. The minimum absolute atomic E-state index is 0.778. The second-order valence-corrected chi connectivity index (χ2v) is 5.17. The summed E-state index contributed by atoms with van der Waals surface area (Å²) in [5.41, 5.74) is 5.86. The molecule has 2 aromatic carbocycles. The van der Waals surface area contributed by atoms with Crippen LogP contribution in [-0.4, -0.2) is 0 Å². The maximum atomic E-state index is 4.10. The predicted octanol–water partition coefficient (Wildman–Crippen LogP) is 5.95. The fourth-order valence-electron chi connectivity index (χ4n) is 2.21. The zero-order valence-corrected chi connectivity index (χ0v) is 13.0. The van der Waals surface area contributed by atoms with Gasteiger partial charge in [0.25, 0.3) is 0 Å². The van der Waals surface area contributed by atoms with Crippen molar-refractivity contribution in [3.05, 3.63) is 104 Å². The Morgan fingerprint density at radius 1 is 0.864 bits per heavy atom. The van der Waals surface area contributed by atoms with Gasteiger partial charge in [-0.3, -0.25) is 0 Å². The smallest absolute Gasteiger partial charge is 0.0461 e. The maximum absolute atomic E-state index is 4.10. The van der Waals surface area contributed by atoms with Crippen molar-refractivity contribution in [2.24, 2.45) is 0 Å². The number of hydrogen-bond donors (Lipinski definition) is 0. The van der Waals surface area contributed by atoms with E-state index < -0.39 is 0 Å². The molecular weight excluding hydrogens is 266 g/mol. The van der Waals surface area contributed by atoms with Gasteiger partial charge in [-0.1, -0.05) is 68.8 Å². The van der Waals surface area contributed by atoms with Crippen LogP contribution in [0.3, 0.4) is 0 Å². The van der Waals surface area contributed by atoms with Gasteiger partial charge in [-0.25, -0.2) is 0 Å². The first-order chi connectivity index (χ1) is 10.5. The Hall–Kier alpha value is -2.80. The van der Waals surface area contributed by atoms with Crippen LogP contribution in [0.1, 0.15) is 6.92 Å². The number of hydrogen-bond acceptors (Lipinski definition) is 1. The van der Waals surface area contributed by atoms with E-state index >= 15 is 0 Å².